The van der Waals surface area contributed by atoms with Crippen LogP contribution >= 0.6 is 0 Å². The van der Waals surface area contributed by atoms with E-state index < -0.39 is 17.9 Å². The molecule has 0 radical (unpaired) electrons. The van der Waals surface area contributed by atoms with E-state index in [0.717, 1.165) is 17.7 Å². The quantitative estimate of drug-likeness (QED) is 0.724. The molecule has 2 N–H and O–H groups in total. The molecule has 0 aromatic heterocycles. The normalized spacial score (nSPS) is 12.4. The van der Waals surface area contributed by atoms with Gasteiger partial charge in [0.05, 0.1) is 6.61 Å². The molecule has 1 unspecified atom stereocenters. The van der Waals surface area contributed by atoms with Crippen LogP contribution in [-0.2, 0) is 9.59 Å². The highest BCUT2D eigenvalue weighted by molar-refractivity contribution is 5.94. The standard InChI is InChI=1S/C17H23NO4/c1-4-11-22-14-8-5-13(6-9-14)7-10-15(19)18-16(12(2)3)17(20)21/h5-10,12,16H,4,11H2,1-3H3,(H,18,19)(H,20,21)/b10-7+. The molecule has 0 heterocycles. The molecule has 1 amide bonds. The first-order chi connectivity index (χ1) is 10.4. The largest absolute Gasteiger partial charge is 0.494 e. The van der Waals surface area contributed by atoms with E-state index in [0.29, 0.717) is 6.61 Å². The molecule has 0 saturated heterocycles. The Morgan fingerprint density at radius 3 is 2.41 bits per heavy atom. The molecular formula is C17H23NO4. The van der Waals surface area contributed by atoms with Crippen LogP contribution in [0.1, 0.15) is 32.8 Å². The van der Waals surface area contributed by atoms with E-state index in [9.17, 15) is 9.59 Å². The molecule has 1 aromatic carbocycles. The van der Waals surface area contributed by atoms with Gasteiger partial charge in [-0.15, -0.1) is 0 Å². The van der Waals surface area contributed by atoms with Gasteiger partial charge in [-0.2, -0.15) is 0 Å². The fourth-order valence-electron chi connectivity index (χ4n) is 1.78. The zero-order chi connectivity index (χ0) is 16.5. The summed E-state index contributed by atoms with van der Waals surface area (Å²) in [7, 11) is 0. The van der Waals surface area contributed by atoms with E-state index in [-0.39, 0.29) is 5.92 Å². The minimum Gasteiger partial charge on any atom is -0.494 e. The van der Waals surface area contributed by atoms with Crippen LogP contribution in [0.3, 0.4) is 0 Å². The summed E-state index contributed by atoms with van der Waals surface area (Å²) in [6.07, 6.45) is 3.92. The van der Waals surface area contributed by atoms with Gasteiger partial charge in [0.2, 0.25) is 5.91 Å². The predicted molar refractivity (Wildman–Crippen MR) is 85.7 cm³/mol. The van der Waals surface area contributed by atoms with Crippen LogP contribution in [0.25, 0.3) is 6.08 Å². The van der Waals surface area contributed by atoms with Crippen molar-refractivity contribution in [3.63, 3.8) is 0 Å². The summed E-state index contributed by atoms with van der Waals surface area (Å²) in [5, 5.41) is 11.5. The van der Waals surface area contributed by atoms with Gasteiger partial charge in [0.15, 0.2) is 0 Å². The molecular weight excluding hydrogens is 282 g/mol. The van der Waals surface area contributed by atoms with Crippen molar-refractivity contribution in [3.05, 3.63) is 35.9 Å². The molecule has 0 fully saturated rings. The number of hydrogen-bond donors (Lipinski definition) is 2. The zero-order valence-corrected chi connectivity index (χ0v) is 13.2. The maximum Gasteiger partial charge on any atom is 0.326 e. The number of carbonyl (C=O) groups excluding carboxylic acids is 1. The Morgan fingerprint density at radius 1 is 1.27 bits per heavy atom. The highest BCUT2D eigenvalue weighted by Crippen LogP contribution is 2.13. The number of carboxylic acids is 1. The summed E-state index contributed by atoms with van der Waals surface area (Å²) in [5.41, 5.74) is 0.843. The Hall–Kier alpha value is -2.30. The third-order valence-corrected chi connectivity index (χ3v) is 3.01. The van der Waals surface area contributed by atoms with Crippen LogP contribution in [0.2, 0.25) is 0 Å². The molecule has 0 aliphatic carbocycles. The molecule has 0 aliphatic heterocycles. The second-order valence-electron chi connectivity index (χ2n) is 5.32. The molecule has 0 spiro atoms. The van der Waals surface area contributed by atoms with E-state index in [1.165, 1.54) is 6.08 Å². The lowest BCUT2D eigenvalue weighted by Crippen LogP contribution is -2.43. The van der Waals surface area contributed by atoms with Crippen LogP contribution in [0.15, 0.2) is 30.3 Å². The van der Waals surface area contributed by atoms with Crippen molar-refractivity contribution in [1.29, 1.82) is 0 Å². The number of carbonyl (C=O) groups is 2. The average molecular weight is 305 g/mol. The number of carboxylic acid groups (broad SMARTS) is 1. The fraction of sp³-hybridized carbons (Fsp3) is 0.412. The summed E-state index contributed by atoms with van der Waals surface area (Å²) in [6, 6.07) is 6.46. The van der Waals surface area contributed by atoms with Gasteiger partial charge in [0, 0.05) is 6.08 Å². The highest BCUT2D eigenvalue weighted by atomic mass is 16.5. The molecule has 0 bridgehead atoms. The van der Waals surface area contributed by atoms with E-state index in [1.54, 1.807) is 19.9 Å². The molecule has 120 valence electrons. The molecule has 5 heteroatoms. The van der Waals surface area contributed by atoms with Gasteiger partial charge in [-0.05, 0) is 36.1 Å². The van der Waals surface area contributed by atoms with Gasteiger partial charge in [0.25, 0.3) is 0 Å². The van der Waals surface area contributed by atoms with Crippen LogP contribution < -0.4 is 10.1 Å². The summed E-state index contributed by atoms with van der Waals surface area (Å²) in [4.78, 5) is 22.8. The number of aliphatic carboxylic acids is 1. The summed E-state index contributed by atoms with van der Waals surface area (Å²) in [6.45, 7) is 6.20. The smallest absolute Gasteiger partial charge is 0.326 e. The molecule has 5 nitrogen and oxygen atoms in total. The van der Waals surface area contributed by atoms with Gasteiger partial charge in [-0.25, -0.2) is 4.79 Å². The molecule has 22 heavy (non-hydrogen) atoms. The number of amides is 1. The minimum atomic E-state index is -1.03. The van der Waals surface area contributed by atoms with Crippen molar-refractivity contribution in [2.75, 3.05) is 6.61 Å². The second kappa shape index (κ2) is 8.87. The van der Waals surface area contributed by atoms with Crippen molar-refractivity contribution >= 4 is 18.0 Å². The van der Waals surface area contributed by atoms with E-state index in [4.69, 9.17) is 9.84 Å². The van der Waals surface area contributed by atoms with Crippen molar-refractivity contribution in [2.45, 2.75) is 33.2 Å². The van der Waals surface area contributed by atoms with E-state index >= 15 is 0 Å². The maximum atomic E-state index is 11.8. The second-order valence-corrected chi connectivity index (χ2v) is 5.32. The molecule has 0 aliphatic rings. The number of rotatable bonds is 8. The third kappa shape index (κ3) is 5.99. The van der Waals surface area contributed by atoms with Crippen molar-refractivity contribution in [3.8, 4) is 5.75 Å². The first-order valence-electron chi connectivity index (χ1n) is 7.38. The number of ether oxygens (including phenoxy) is 1. The molecule has 1 rings (SSSR count). The van der Waals surface area contributed by atoms with Gasteiger partial charge in [-0.3, -0.25) is 4.79 Å². The topological polar surface area (TPSA) is 75.6 Å². The van der Waals surface area contributed by atoms with Crippen molar-refractivity contribution in [2.24, 2.45) is 5.92 Å². The lowest BCUT2D eigenvalue weighted by molar-refractivity contribution is -0.142. The Morgan fingerprint density at radius 2 is 1.91 bits per heavy atom. The minimum absolute atomic E-state index is 0.176. The first kappa shape index (κ1) is 17.8. The van der Waals surface area contributed by atoms with Gasteiger partial charge >= 0.3 is 5.97 Å². The Labute approximate surface area is 131 Å². The summed E-state index contributed by atoms with van der Waals surface area (Å²) < 4.78 is 5.47. The number of benzene rings is 1. The van der Waals surface area contributed by atoms with Crippen LogP contribution in [0, 0.1) is 5.92 Å². The summed E-state index contributed by atoms with van der Waals surface area (Å²) in [5.74, 6) is -0.847. The van der Waals surface area contributed by atoms with Gasteiger partial charge in [0.1, 0.15) is 11.8 Å². The lowest BCUT2D eigenvalue weighted by Gasteiger charge is -2.16. The van der Waals surface area contributed by atoms with Crippen LogP contribution in [0.5, 0.6) is 5.75 Å². The predicted octanol–water partition coefficient (Wildman–Crippen LogP) is 2.71. The summed E-state index contributed by atoms with van der Waals surface area (Å²) >= 11 is 0. The molecule has 0 saturated carbocycles. The average Bonchev–Trinajstić information content (AvgIpc) is 2.49. The monoisotopic (exact) mass is 305 g/mol. The highest BCUT2D eigenvalue weighted by Gasteiger charge is 2.22. The third-order valence-electron chi connectivity index (χ3n) is 3.01. The maximum absolute atomic E-state index is 11.8. The fourth-order valence-corrected chi connectivity index (χ4v) is 1.78. The van der Waals surface area contributed by atoms with Crippen LogP contribution in [0.4, 0.5) is 0 Å². The van der Waals surface area contributed by atoms with Gasteiger partial charge in [-0.1, -0.05) is 32.9 Å². The van der Waals surface area contributed by atoms with Crippen molar-refractivity contribution in [1.82, 2.24) is 5.32 Å². The Kier molecular flexibility index (Phi) is 7.16. The van der Waals surface area contributed by atoms with Crippen LogP contribution in [-0.4, -0.2) is 29.6 Å². The zero-order valence-electron chi connectivity index (χ0n) is 13.2. The Bertz CT molecular complexity index is 520. The van der Waals surface area contributed by atoms with Crippen molar-refractivity contribution < 1.29 is 19.4 Å². The Balaban J connectivity index is 2.59. The van der Waals surface area contributed by atoms with E-state index in [2.05, 4.69) is 5.32 Å². The number of nitrogens with one attached hydrogen (secondary N) is 1. The first-order valence-corrected chi connectivity index (χ1v) is 7.38. The number of hydrogen-bond acceptors (Lipinski definition) is 3. The molecule has 1 aromatic rings. The molecule has 1 atom stereocenters. The lowest BCUT2D eigenvalue weighted by atomic mass is 10.0. The van der Waals surface area contributed by atoms with Gasteiger partial charge < -0.3 is 15.2 Å². The van der Waals surface area contributed by atoms with E-state index in [1.807, 2.05) is 31.2 Å². The SMILES string of the molecule is CCCOc1ccc(/C=C/C(=O)NC(C(=O)O)C(C)C)cc1.